The van der Waals surface area contributed by atoms with E-state index >= 15 is 0 Å². The first-order chi connectivity index (χ1) is 10.8. The molecule has 0 spiro atoms. The molecule has 0 fully saturated rings. The summed E-state index contributed by atoms with van der Waals surface area (Å²) in [5.41, 5.74) is 0.622. The summed E-state index contributed by atoms with van der Waals surface area (Å²) in [7, 11) is 3.36. The van der Waals surface area contributed by atoms with Crippen molar-refractivity contribution < 1.29 is 13.9 Å². The first-order valence-electron chi connectivity index (χ1n) is 7.52. The smallest absolute Gasteiger partial charge is 0.191 e. The molecule has 0 unspecified atom stereocenters. The quantitative estimate of drug-likeness (QED) is 0.394. The molecule has 0 saturated heterocycles. The molecule has 124 valence electrons. The Balaban J connectivity index is 2.12. The summed E-state index contributed by atoms with van der Waals surface area (Å²) in [4.78, 5) is 4.12. The van der Waals surface area contributed by atoms with Crippen molar-refractivity contribution in [2.75, 3.05) is 40.5 Å². The minimum atomic E-state index is -0.210. The SMILES string of the molecule is CN=C(NCCCCOCCOC)NCc1ccccc1F. The molecule has 0 radical (unpaired) electrons. The number of hydrogen-bond acceptors (Lipinski definition) is 3. The van der Waals surface area contributed by atoms with Gasteiger partial charge in [-0.2, -0.15) is 0 Å². The number of rotatable bonds is 10. The van der Waals surface area contributed by atoms with Gasteiger partial charge in [-0.15, -0.1) is 0 Å². The van der Waals surface area contributed by atoms with Gasteiger partial charge in [0, 0.05) is 39.4 Å². The molecule has 1 aromatic rings. The highest BCUT2D eigenvalue weighted by atomic mass is 19.1. The van der Waals surface area contributed by atoms with E-state index in [0.717, 1.165) is 26.0 Å². The Morgan fingerprint density at radius 1 is 1.14 bits per heavy atom. The van der Waals surface area contributed by atoms with Gasteiger partial charge < -0.3 is 20.1 Å². The van der Waals surface area contributed by atoms with Crippen molar-refractivity contribution >= 4 is 5.96 Å². The van der Waals surface area contributed by atoms with Crippen molar-refractivity contribution in [1.29, 1.82) is 0 Å². The molecule has 2 N–H and O–H groups in total. The molecule has 0 aliphatic rings. The maximum absolute atomic E-state index is 13.5. The largest absolute Gasteiger partial charge is 0.382 e. The first-order valence-corrected chi connectivity index (χ1v) is 7.52. The van der Waals surface area contributed by atoms with E-state index in [1.807, 2.05) is 6.07 Å². The predicted octanol–water partition coefficient (Wildman–Crippen LogP) is 1.93. The number of methoxy groups -OCH3 is 1. The number of hydrogen-bond donors (Lipinski definition) is 2. The third kappa shape index (κ3) is 7.95. The Labute approximate surface area is 131 Å². The van der Waals surface area contributed by atoms with Gasteiger partial charge in [-0.1, -0.05) is 18.2 Å². The Morgan fingerprint density at radius 3 is 2.68 bits per heavy atom. The van der Waals surface area contributed by atoms with E-state index in [1.165, 1.54) is 6.07 Å². The zero-order valence-corrected chi connectivity index (χ0v) is 13.4. The van der Waals surface area contributed by atoms with Crippen LogP contribution in [0.15, 0.2) is 29.3 Å². The van der Waals surface area contributed by atoms with Crippen LogP contribution in [0.25, 0.3) is 0 Å². The van der Waals surface area contributed by atoms with Crippen LogP contribution in [0.5, 0.6) is 0 Å². The number of benzene rings is 1. The van der Waals surface area contributed by atoms with Crippen LogP contribution in [0.3, 0.4) is 0 Å². The van der Waals surface area contributed by atoms with E-state index in [9.17, 15) is 4.39 Å². The topological polar surface area (TPSA) is 54.9 Å². The number of halogens is 1. The fourth-order valence-corrected chi connectivity index (χ4v) is 1.82. The summed E-state index contributed by atoms with van der Waals surface area (Å²) in [5, 5.41) is 6.29. The minimum absolute atomic E-state index is 0.210. The number of nitrogens with one attached hydrogen (secondary N) is 2. The molecule has 1 aromatic carbocycles. The number of unbranched alkanes of at least 4 members (excludes halogenated alkanes) is 1. The van der Waals surface area contributed by atoms with Gasteiger partial charge in [0.25, 0.3) is 0 Å². The third-order valence-corrected chi connectivity index (χ3v) is 3.07. The third-order valence-electron chi connectivity index (χ3n) is 3.07. The molecular weight excluding hydrogens is 285 g/mol. The highest BCUT2D eigenvalue weighted by Crippen LogP contribution is 2.05. The summed E-state index contributed by atoms with van der Waals surface area (Å²) in [6, 6.07) is 6.71. The average molecular weight is 311 g/mol. The molecular formula is C16H26FN3O2. The van der Waals surface area contributed by atoms with E-state index in [4.69, 9.17) is 9.47 Å². The molecule has 0 aliphatic carbocycles. The van der Waals surface area contributed by atoms with Crippen LogP contribution in [-0.4, -0.2) is 46.5 Å². The minimum Gasteiger partial charge on any atom is -0.382 e. The van der Waals surface area contributed by atoms with Gasteiger partial charge in [-0.05, 0) is 18.9 Å². The average Bonchev–Trinajstić information content (AvgIpc) is 2.54. The lowest BCUT2D eigenvalue weighted by molar-refractivity contribution is 0.0689. The second-order valence-corrected chi connectivity index (χ2v) is 4.76. The van der Waals surface area contributed by atoms with Crippen LogP contribution >= 0.6 is 0 Å². The summed E-state index contributed by atoms with van der Waals surface area (Å²) in [6.07, 6.45) is 1.95. The van der Waals surface area contributed by atoms with Gasteiger partial charge in [0.15, 0.2) is 5.96 Å². The van der Waals surface area contributed by atoms with Crippen LogP contribution in [0, 0.1) is 5.82 Å². The van der Waals surface area contributed by atoms with Crippen molar-refractivity contribution in [2.24, 2.45) is 4.99 Å². The van der Waals surface area contributed by atoms with Gasteiger partial charge in [0.1, 0.15) is 5.82 Å². The lowest BCUT2D eigenvalue weighted by Crippen LogP contribution is -2.37. The summed E-state index contributed by atoms with van der Waals surface area (Å²) in [6.45, 7) is 3.20. The molecule has 1 rings (SSSR count). The van der Waals surface area contributed by atoms with Crippen LogP contribution in [0.2, 0.25) is 0 Å². The van der Waals surface area contributed by atoms with Gasteiger partial charge in [-0.25, -0.2) is 4.39 Å². The summed E-state index contributed by atoms with van der Waals surface area (Å²) in [5.74, 6) is 0.460. The Kier molecular flexibility index (Phi) is 9.98. The van der Waals surface area contributed by atoms with Gasteiger partial charge in [0.2, 0.25) is 0 Å². The van der Waals surface area contributed by atoms with Gasteiger partial charge in [0.05, 0.1) is 13.2 Å². The molecule has 22 heavy (non-hydrogen) atoms. The maximum Gasteiger partial charge on any atom is 0.191 e. The molecule has 0 saturated carbocycles. The zero-order chi connectivity index (χ0) is 16.0. The Hall–Kier alpha value is -1.66. The van der Waals surface area contributed by atoms with Crippen LogP contribution in [-0.2, 0) is 16.0 Å². The zero-order valence-electron chi connectivity index (χ0n) is 13.4. The Bertz CT molecular complexity index is 441. The van der Waals surface area contributed by atoms with Crippen molar-refractivity contribution in [2.45, 2.75) is 19.4 Å². The van der Waals surface area contributed by atoms with E-state index in [-0.39, 0.29) is 5.82 Å². The van der Waals surface area contributed by atoms with Crippen molar-refractivity contribution in [1.82, 2.24) is 10.6 Å². The summed E-state index contributed by atoms with van der Waals surface area (Å²) >= 11 is 0. The van der Waals surface area contributed by atoms with E-state index in [2.05, 4.69) is 15.6 Å². The number of aliphatic imine (C=N–C) groups is 1. The second kappa shape index (κ2) is 11.9. The molecule has 5 nitrogen and oxygen atoms in total. The van der Waals surface area contributed by atoms with E-state index in [1.54, 1.807) is 26.3 Å². The van der Waals surface area contributed by atoms with Crippen molar-refractivity contribution in [3.8, 4) is 0 Å². The van der Waals surface area contributed by atoms with E-state index < -0.39 is 0 Å². The number of nitrogens with zero attached hydrogens (tertiary/aromatic N) is 1. The predicted molar refractivity (Wildman–Crippen MR) is 86.5 cm³/mol. The maximum atomic E-state index is 13.5. The van der Waals surface area contributed by atoms with Crippen LogP contribution < -0.4 is 10.6 Å². The highest BCUT2D eigenvalue weighted by Gasteiger charge is 2.02. The molecule has 0 aliphatic heterocycles. The highest BCUT2D eigenvalue weighted by molar-refractivity contribution is 5.79. The Morgan fingerprint density at radius 2 is 1.95 bits per heavy atom. The fraction of sp³-hybridized carbons (Fsp3) is 0.562. The van der Waals surface area contributed by atoms with Crippen LogP contribution in [0.1, 0.15) is 18.4 Å². The van der Waals surface area contributed by atoms with Crippen molar-refractivity contribution in [3.05, 3.63) is 35.6 Å². The normalized spacial score (nSPS) is 11.5. The molecule has 0 bridgehead atoms. The standard InChI is InChI=1S/C16H26FN3O2/c1-18-16(19-9-5-6-10-22-12-11-21-2)20-13-14-7-3-4-8-15(14)17/h3-4,7-8H,5-6,9-13H2,1-2H3,(H2,18,19,20). The molecule has 0 atom stereocenters. The number of guanidine groups is 1. The first kappa shape index (κ1) is 18.4. The number of ether oxygens (including phenoxy) is 2. The van der Waals surface area contributed by atoms with Gasteiger partial charge >= 0.3 is 0 Å². The molecule has 0 amide bonds. The van der Waals surface area contributed by atoms with Gasteiger partial charge in [-0.3, -0.25) is 4.99 Å². The van der Waals surface area contributed by atoms with Crippen LogP contribution in [0.4, 0.5) is 4.39 Å². The lowest BCUT2D eigenvalue weighted by atomic mass is 10.2. The second-order valence-electron chi connectivity index (χ2n) is 4.76. The monoisotopic (exact) mass is 311 g/mol. The van der Waals surface area contributed by atoms with E-state index in [0.29, 0.717) is 31.3 Å². The summed E-state index contributed by atoms with van der Waals surface area (Å²) < 4.78 is 23.8. The lowest BCUT2D eigenvalue weighted by Gasteiger charge is -2.12. The van der Waals surface area contributed by atoms with Crippen molar-refractivity contribution in [3.63, 3.8) is 0 Å². The molecule has 6 heteroatoms. The molecule has 0 heterocycles. The molecule has 0 aromatic heterocycles. The fourth-order valence-electron chi connectivity index (χ4n) is 1.82.